The molecule has 0 aliphatic heterocycles. The van der Waals surface area contributed by atoms with Gasteiger partial charge in [0.15, 0.2) is 0 Å². The third-order valence-corrected chi connectivity index (χ3v) is 4.31. The van der Waals surface area contributed by atoms with Crippen molar-refractivity contribution in [2.75, 3.05) is 5.32 Å². The number of alkyl halides is 3. The number of carbonyl (C=O) groups excluding carboxylic acids is 1. The maximum Gasteiger partial charge on any atom is 0.418 e. The molecule has 1 N–H and O–H groups in total. The lowest BCUT2D eigenvalue weighted by molar-refractivity contribution is -0.137. The van der Waals surface area contributed by atoms with Gasteiger partial charge < -0.3 is 5.32 Å². The quantitative estimate of drug-likeness (QED) is 0.782. The van der Waals surface area contributed by atoms with Crippen LogP contribution in [0.25, 0.3) is 0 Å². The summed E-state index contributed by atoms with van der Waals surface area (Å²) in [6.07, 6.45) is -4.50. The topological polar surface area (TPSA) is 29.1 Å². The molecule has 23 heavy (non-hydrogen) atoms. The van der Waals surface area contributed by atoms with Crippen LogP contribution < -0.4 is 5.32 Å². The van der Waals surface area contributed by atoms with Crippen LogP contribution in [-0.4, -0.2) is 11.2 Å². The molecular formula is C17H16F3NOS. The Morgan fingerprint density at radius 3 is 2.30 bits per heavy atom. The summed E-state index contributed by atoms with van der Waals surface area (Å²) >= 11 is 1.30. The highest BCUT2D eigenvalue weighted by molar-refractivity contribution is 8.00. The zero-order valence-corrected chi connectivity index (χ0v) is 13.5. The third-order valence-electron chi connectivity index (χ3n) is 3.19. The van der Waals surface area contributed by atoms with Crippen LogP contribution in [0.4, 0.5) is 18.9 Å². The number of carbonyl (C=O) groups is 1. The number of hydrogen-bond donors (Lipinski definition) is 1. The van der Waals surface area contributed by atoms with E-state index in [4.69, 9.17) is 0 Å². The Balaban J connectivity index is 2.08. The molecule has 0 unspecified atom stereocenters. The summed E-state index contributed by atoms with van der Waals surface area (Å²) < 4.78 is 38.8. The zero-order valence-electron chi connectivity index (χ0n) is 12.6. The van der Waals surface area contributed by atoms with Crippen molar-refractivity contribution in [2.45, 2.75) is 30.2 Å². The van der Waals surface area contributed by atoms with Crippen molar-refractivity contribution in [1.29, 1.82) is 0 Å². The molecule has 0 saturated heterocycles. The largest absolute Gasteiger partial charge is 0.418 e. The SMILES string of the molecule is Cc1ccc(S[C@@H](C)C(=O)Nc2ccccc2C(F)(F)F)cc1. The van der Waals surface area contributed by atoms with Gasteiger partial charge in [0.05, 0.1) is 16.5 Å². The molecule has 1 atom stereocenters. The minimum absolute atomic E-state index is 0.221. The molecule has 122 valence electrons. The van der Waals surface area contributed by atoms with Crippen LogP contribution >= 0.6 is 11.8 Å². The Hall–Kier alpha value is -1.95. The van der Waals surface area contributed by atoms with E-state index in [1.807, 2.05) is 31.2 Å². The third kappa shape index (κ3) is 4.76. The standard InChI is InChI=1S/C17H16F3NOS/c1-11-7-9-13(10-8-11)23-12(2)16(22)21-15-6-4-3-5-14(15)17(18,19)20/h3-10,12H,1-2H3,(H,21,22)/t12-/m0/s1. The molecule has 2 rings (SSSR count). The van der Waals surface area contributed by atoms with Crippen LogP contribution in [0.5, 0.6) is 0 Å². The normalized spacial score (nSPS) is 12.7. The second-order valence-electron chi connectivity index (χ2n) is 5.11. The fraction of sp³-hybridized carbons (Fsp3) is 0.235. The minimum Gasteiger partial charge on any atom is -0.325 e. The lowest BCUT2D eigenvalue weighted by Gasteiger charge is -2.16. The lowest BCUT2D eigenvalue weighted by atomic mass is 10.1. The van der Waals surface area contributed by atoms with Crippen LogP contribution in [-0.2, 0) is 11.0 Å². The smallest absolute Gasteiger partial charge is 0.325 e. The highest BCUT2D eigenvalue weighted by Crippen LogP contribution is 2.35. The molecule has 0 aromatic heterocycles. The molecular weight excluding hydrogens is 323 g/mol. The van der Waals surface area contributed by atoms with Crippen molar-refractivity contribution in [1.82, 2.24) is 0 Å². The monoisotopic (exact) mass is 339 g/mol. The Bertz CT molecular complexity index is 683. The van der Waals surface area contributed by atoms with Gasteiger partial charge in [-0.3, -0.25) is 4.79 Å². The van der Waals surface area contributed by atoms with Crippen molar-refractivity contribution in [3.63, 3.8) is 0 Å². The summed E-state index contributed by atoms with van der Waals surface area (Å²) in [7, 11) is 0. The van der Waals surface area contributed by atoms with E-state index in [0.717, 1.165) is 16.5 Å². The Labute approximate surface area is 137 Å². The zero-order chi connectivity index (χ0) is 17.0. The molecule has 0 fully saturated rings. The van der Waals surface area contributed by atoms with E-state index in [1.165, 1.54) is 30.0 Å². The van der Waals surface area contributed by atoms with Crippen molar-refractivity contribution in [3.05, 3.63) is 59.7 Å². The number of nitrogens with one attached hydrogen (secondary N) is 1. The van der Waals surface area contributed by atoms with Gasteiger partial charge in [0, 0.05) is 4.90 Å². The van der Waals surface area contributed by atoms with Gasteiger partial charge in [-0.15, -0.1) is 11.8 Å². The Kier molecular flexibility index (Phi) is 5.36. The maximum absolute atomic E-state index is 12.9. The van der Waals surface area contributed by atoms with Gasteiger partial charge in [-0.1, -0.05) is 29.8 Å². The number of para-hydroxylation sites is 1. The summed E-state index contributed by atoms with van der Waals surface area (Å²) in [5.74, 6) is -0.465. The van der Waals surface area contributed by atoms with Crippen LogP contribution in [0, 0.1) is 6.92 Å². The molecule has 0 aliphatic rings. The van der Waals surface area contributed by atoms with Gasteiger partial charge in [-0.05, 0) is 38.1 Å². The molecule has 1 amide bonds. The first-order chi connectivity index (χ1) is 10.8. The van der Waals surface area contributed by atoms with Crippen LogP contribution in [0.3, 0.4) is 0 Å². The number of halogens is 3. The summed E-state index contributed by atoms with van der Waals surface area (Å²) in [5, 5.41) is 1.85. The van der Waals surface area contributed by atoms with Crippen molar-refractivity contribution >= 4 is 23.4 Å². The molecule has 6 heteroatoms. The van der Waals surface area contributed by atoms with Crippen molar-refractivity contribution < 1.29 is 18.0 Å². The van der Waals surface area contributed by atoms with E-state index in [1.54, 1.807) is 6.92 Å². The number of rotatable bonds is 4. The molecule has 0 radical (unpaired) electrons. The van der Waals surface area contributed by atoms with Crippen molar-refractivity contribution in [2.24, 2.45) is 0 Å². The fourth-order valence-corrected chi connectivity index (χ4v) is 2.82. The summed E-state index contributed by atoms with van der Waals surface area (Å²) in [5.41, 5.74) is 0.0350. The molecule has 0 saturated carbocycles. The van der Waals surface area contributed by atoms with Gasteiger partial charge in [0.25, 0.3) is 0 Å². The van der Waals surface area contributed by atoms with Crippen molar-refractivity contribution in [3.8, 4) is 0 Å². The number of anilines is 1. The number of thioether (sulfide) groups is 1. The number of aryl methyl sites for hydroxylation is 1. The van der Waals surface area contributed by atoms with Gasteiger partial charge in [-0.25, -0.2) is 0 Å². The van der Waals surface area contributed by atoms with Crippen LogP contribution in [0.1, 0.15) is 18.1 Å². The van der Waals surface area contributed by atoms with E-state index in [0.29, 0.717) is 0 Å². The molecule has 0 bridgehead atoms. The van der Waals surface area contributed by atoms with Gasteiger partial charge >= 0.3 is 6.18 Å². The van der Waals surface area contributed by atoms with E-state index in [-0.39, 0.29) is 5.69 Å². The fourth-order valence-electron chi connectivity index (χ4n) is 1.95. The minimum atomic E-state index is -4.50. The first kappa shape index (κ1) is 17.4. The average Bonchev–Trinajstić information content (AvgIpc) is 2.49. The summed E-state index contributed by atoms with van der Waals surface area (Å²) in [6.45, 7) is 3.62. The van der Waals surface area contributed by atoms with Gasteiger partial charge in [-0.2, -0.15) is 13.2 Å². The summed E-state index contributed by atoms with van der Waals surface area (Å²) in [6, 6.07) is 12.6. The predicted octanol–water partition coefficient (Wildman–Crippen LogP) is 5.13. The van der Waals surface area contributed by atoms with E-state index < -0.39 is 22.9 Å². The lowest BCUT2D eigenvalue weighted by Crippen LogP contribution is -2.24. The highest BCUT2D eigenvalue weighted by Gasteiger charge is 2.33. The molecule has 0 heterocycles. The Morgan fingerprint density at radius 2 is 1.70 bits per heavy atom. The maximum atomic E-state index is 12.9. The average molecular weight is 339 g/mol. The van der Waals surface area contributed by atoms with E-state index >= 15 is 0 Å². The molecule has 2 aromatic carbocycles. The number of benzene rings is 2. The second kappa shape index (κ2) is 7.08. The first-order valence-corrected chi connectivity index (χ1v) is 7.86. The predicted molar refractivity (Wildman–Crippen MR) is 86.6 cm³/mol. The van der Waals surface area contributed by atoms with Crippen LogP contribution in [0.15, 0.2) is 53.4 Å². The molecule has 0 spiro atoms. The van der Waals surface area contributed by atoms with Crippen LogP contribution in [0.2, 0.25) is 0 Å². The highest BCUT2D eigenvalue weighted by atomic mass is 32.2. The first-order valence-electron chi connectivity index (χ1n) is 6.98. The van der Waals surface area contributed by atoms with E-state index in [9.17, 15) is 18.0 Å². The van der Waals surface area contributed by atoms with E-state index in [2.05, 4.69) is 5.32 Å². The van der Waals surface area contributed by atoms with Gasteiger partial charge in [0.1, 0.15) is 0 Å². The molecule has 2 nitrogen and oxygen atoms in total. The number of amides is 1. The number of hydrogen-bond acceptors (Lipinski definition) is 2. The Morgan fingerprint density at radius 1 is 1.09 bits per heavy atom. The second-order valence-corrected chi connectivity index (χ2v) is 6.52. The van der Waals surface area contributed by atoms with Gasteiger partial charge in [0.2, 0.25) is 5.91 Å². The molecule has 2 aromatic rings. The molecule has 0 aliphatic carbocycles. The summed E-state index contributed by atoms with van der Waals surface area (Å²) in [4.78, 5) is 13.1.